The lowest BCUT2D eigenvalue weighted by atomic mass is 10.0. The molecule has 0 aliphatic heterocycles. The number of nitrogens with zero attached hydrogens (tertiary/aromatic N) is 2. The number of fused-ring (bicyclic) bond motifs is 1. The van der Waals surface area contributed by atoms with Crippen LogP contribution in [0.15, 0.2) is 4.52 Å². The van der Waals surface area contributed by atoms with Crippen molar-refractivity contribution in [3.63, 3.8) is 0 Å². The first-order valence-corrected chi connectivity index (χ1v) is 5.80. The van der Waals surface area contributed by atoms with Crippen LogP contribution in [0.25, 0.3) is 0 Å². The number of nitrogens with two attached hydrogens (primary N) is 1. The smallest absolute Gasteiger partial charge is 0.229 e. The standard InChI is InChI=1S/C11H17N3O/c1-6(12)2-10-13-11(15-14-10)9-4-7-3-8(7)5-9/h6-9H,2-5,12H2,1H3. The number of aromatic nitrogens is 2. The van der Waals surface area contributed by atoms with E-state index in [0.717, 1.165) is 23.6 Å². The van der Waals surface area contributed by atoms with Gasteiger partial charge in [-0.3, -0.25) is 0 Å². The molecule has 4 nitrogen and oxygen atoms in total. The molecule has 3 rings (SSSR count). The monoisotopic (exact) mass is 207 g/mol. The van der Waals surface area contributed by atoms with Gasteiger partial charge in [0.1, 0.15) is 0 Å². The first-order valence-electron chi connectivity index (χ1n) is 5.80. The molecule has 0 aromatic carbocycles. The van der Waals surface area contributed by atoms with Crippen LogP contribution in [-0.4, -0.2) is 16.2 Å². The van der Waals surface area contributed by atoms with Gasteiger partial charge in [0.15, 0.2) is 5.82 Å². The van der Waals surface area contributed by atoms with Gasteiger partial charge in [-0.05, 0) is 38.0 Å². The van der Waals surface area contributed by atoms with Crippen LogP contribution in [0.1, 0.15) is 43.8 Å². The third kappa shape index (κ3) is 1.78. The average molecular weight is 207 g/mol. The van der Waals surface area contributed by atoms with E-state index in [1.165, 1.54) is 19.3 Å². The zero-order valence-electron chi connectivity index (χ0n) is 9.02. The zero-order chi connectivity index (χ0) is 10.4. The van der Waals surface area contributed by atoms with Gasteiger partial charge in [0, 0.05) is 18.4 Å². The molecule has 3 unspecified atom stereocenters. The molecule has 1 aromatic rings. The van der Waals surface area contributed by atoms with Crippen molar-refractivity contribution < 1.29 is 4.52 Å². The van der Waals surface area contributed by atoms with Crippen molar-refractivity contribution in [3.8, 4) is 0 Å². The van der Waals surface area contributed by atoms with Crippen LogP contribution in [0.4, 0.5) is 0 Å². The second-order valence-corrected chi connectivity index (χ2v) is 5.15. The van der Waals surface area contributed by atoms with Crippen molar-refractivity contribution in [2.75, 3.05) is 0 Å². The largest absolute Gasteiger partial charge is 0.339 e. The highest BCUT2D eigenvalue weighted by Gasteiger charge is 2.47. The first-order chi connectivity index (χ1) is 7.22. The van der Waals surface area contributed by atoms with Gasteiger partial charge in [-0.15, -0.1) is 0 Å². The van der Waals surface area contributed by atoms with E-state index >= 15 is 0 Å². The van der Waals surface area contributed by atoms with Crippen LogP contribution in [-0.2, 0) is 6.42 Å². The maximum absolute atomic E-state index is 5.69. The molecule has 15 heavy (non-hydrogen) atoms. The van der Waals surface area contributed by atoms with Gasteiger partial charge >= 0.3 is 0 Å². The molecule has 2 aliphatic carbocycles. The van der Waals surface area contributed by atoms with E-state index in [1.54, 1.807) is 0 Å². The lowest BCUT2D eigenvalue weighted by Crippen LogP contribution is -2.18. The minimum absolute atomic E-state index is 0.104. The second kappa shape index (κ2) is 3.30. The quantitative estimate of drug-likeness (QED) is 0.815. The third-order valence-electron chi connectivity index (χ3n) is 3.58. The van der Waals surface area contributed by atoms with Crippen LogP contribution < -0.4 is 5.73 Å². The second-order valence-electron chi connectivity index (χ2n) is 5.15. The van der Waals surface area contributed by atoms with Crippen molar-refractivity contribution in [2.24, 2.45) is 17.6 Å². The van der Waals surface area contributed by atoms with Gasteiger partial charge in [-0.2, -0.15) is 4.98 Å². The summed E-state index contributed by atoms with van der Waals surface area (Å²) < 4.78 is 5.30. The van der Waals surface area contributed by atoms with E-state index < -0.39 is 0 Å². The molecule has 1 aromatic heterocycles. The Morgan fingerprint density at radius 1 is 1.40 bits per heavy atom. The van der Waals surface area contributed by atoms with Crippen molar-refractivity contribution in [3.05, 3.63) is 11.7 Å². The number of hydrogen-bond acceptors (Lipinski definition) is 4. The highest BCUT2D eigenvalue weighted by Crippen LogP contribution is 2.57. The summed E-state index contributed by atoms with van der Waals surface area (Å²) in [7, 11) is 0. The van der Waals surface area contributed by atoms with E-state index in [9.17, 15) is 0 Å². The van der Waals surface area contributed by atoms with Gasteiger partial charge in [0.2, 0.25) is 5.89 Å². The van der Waals surface area contributed by atoms with Crippen LogP contribution in [0.5, 0.6) is 0 Å². The minimum Gasteiger partial charge on any atom is -0.339 e. The fourth-order valence-corrected chi connectivity index (χ4v) is 2.72. The van der Waals surface area contributed by atoms with Crippen molar-refractivity contribution >= 4 is 0 Å². The molecular weight excluding hydrogens is 190 g/mol. The topological polar surface area (TPSA) is 64.9 Å². The number of rotatable bonds is 3. The Kier molecular flexibility index (Phi) is 2.06. The highest BCUT2D eigenvalue weighted by molar-refractivity contribution is 5.06. The molecule has 0 radical (unpaired) electrons. The molecular formula is C11H17N3O. The Bertz CT molecular complexity index is 350. The lowest BCUT2D eigenvalue weighted by molar-refractivity contribution is 0.342. The van der Waals surface area contributed by atoms with Gasteiger partial charge in [0.25, 0.3) is 0 Å². The predicted octanol–water partition coefficient (Wildman–Crippen LogP) is 1.47. The molecule has 0 amide bonds. The molecule has 2 aliphatic rings. The van der Waals surface area contributed by atoms with Crippen LogP contribution >= 0.6 is 0 Å². The molecule has 82 valence electrons. The van der Waals surface area contributed by atoms with Crippen LogP contribution in [0, 0.1) is 11.8 Å². The van der Waals surface area contributed by atoms with E-state index in [1.807, 2.05) is 6.92 Å². The Hall–Kier alpha value is -0.900. The Labute approximate surface area is 89.2 Å². The molecule has 4 heteroatoms. The molecule has 2 fully saturated rings. The minimum atomic E-state index is 0.104. The maximum atomic E-state index is 5.69. The fourth-order valence-electron chi connectivity index (χ4n) is 2.72. The molecule has 1 heterocycles. The summed E-state index contributed by atoms with van der Waals surface area (Å²) in [4.78, 5) is 4.43. The van der Waals surface area contributed by atoms with Crippen LogP contribution in [0.2, 0.25) is 0 Å². The van der Waals surface area contributed by atoms with Gasteiger partial charge in [-0.1, -0.05) is 5.16 Å². The predicted molar refractivity (Wildman–Crippen MR) is 55.2 cm³/mol. The van der Waals surface area contributed by atoms with Crippen molar-refractivity contribution in [2.45, 2.75) is 44.6 Å². The summed E-state index contributed by atoms with van der Waals surface area (Å²) in [5.41, 5.74) is 5.69. The molecule has 0 saturated heterocycles. The summed E-state index contributed by atoms with van der Waals surface area (Å²) in [6.07, 6.45) is 4.65. The summed E-state index contributed by atoms with van der Waals surface area (Å²) in [6.45, 7) is 1.96. The fraction of sp³-hybridized carbons (Fsp3) is 0.818. The molecule has 3 atom stereocenters. The first kappa shape index (κ1) is 9.33. The zero-order valence-corrected chi connectivity index (χ0v) is 9.02. The molecule has 2 N–H and O–H groups in total. The molecule has 2 saturated carbocycles. The van der Waals surface area contributed by atoms with Crippen molar-refractivity contribution in [1.82, 2.24) is 10.1 Å². The normalized spacial score (nSPS) is 35.2. The highest BCUT2D eigenvalue weighted by atomic mass is 16.5. The Morgan fingerprint density at radius 3 is 2.80 bits per heavy atom. The Morgan fingerprint density at radius 2 is 2.13 bits per heavy atom. The summed E-state index contributed by atoms with van der Waals surface area (Å²) in [5.74, 6) is 4.05. The summed E-state index contributed by atoms with van der Waals surface area (Å²) in [5, 5.41) is 3.97. The van der Waals surface area contributed by atoms with E-state index in [-0.39, 0.29) is 6.04 Å². The SMILES string of the molecule is CC(N)Cc1noc(C2CC3CC3C2)n1. The van der Waals surface area contributed by atoms with Gasteiger partial charge in [-0.25, -0.2) is 0 Å². The maximum Gasteiger partial charge on any atom is 0.229 e. The summed E-state index contributed by atoms with van der Waals surface area (Å²) >= 11 is 0. The van der Waals surface area contributed by atoms with E-state index in [0.29, 0.717) is 12.3 Å². The Balaban J connectivity index is 1.67. The van der Waals surface area contributed by atoms with E-state index in [2.05, 4.69) is 10.1 Å². The molecule has 0 bridgehead atoms. The van der Waals surface area contributed by atoms with Gasteiger partial charge in [0.05, 0.1) is 0 Å². The summed E-state index contributed by atoms with van der Waals surface area (Å²) in [6, 6.07) is 0.104. The average Bonchev–Trinajstić information content (AvgIpc) is 2.65. The lowest BCUT2D eigenvalue weighted by Gasteiger charge is -2.03. The van der Waals surface area contributed by atoms with Crippen molar-refractivity contribution in [1.29, 1.82) is 0 Å². The van der Waals surface area contributed by atoms with Gasteiger partial charge < -0.3 is 10.3 Å². The van der Waals surface area contributed by atoms with E-state index in [4.69, 9.17) is 10.3 Å². The molecule has 0 spiro atoms. The number of hydrogen-bond donors (Lipinski definition) is 1. The van der Waals surface area contributed by atoms with Crippen LogP contribution in [0.3, 0.4) is 0 Å². The third-order valence-corrected chi connectivity index (χ3v) is 3.58.